The molecule has 0 heterocycles. The van der Waals surface area contributed by atoms with E-state index in [0.717, 1.165) is 29.1 Å². The van der Waals surface area contributed by atoms with Crippen molar-refractivity contribution in [1.29, 1.82) is 0 Å². The van der Waals surface area contributed by atoms with E-state index in [1.165, 1.54) is 24.0 Å². The van der Waals surface area contributed by atoms with E-state index in [1.807, 2.05) is 6.08 Å². The van der Waals surface area contributed by atoms with Crippen molar-refractivity contribution in [2.75, 3.05) is 0 Å². The van der Waals surface area contributed by atoms with Crippen LogP contribution >= 0.6 is 31.9 Å². The summed E-state index contributed by atoms with van der Waals surface area (Å²) in [6.45, 7) is 6.57. The number of hydrogen-bond acceptors (Lipinski definition) is 2. The minimum Gasteiger partial charge on any atom is -0.300 e. The molecule has 4 rings (SSSR count). The molecule has 0 aromatic heterocycles. The molecule has 142 valence electrons. The maximum atomic E-state index is 12.3. The van der Waals surface area contributed by atoms with E-state index in [0.29, 0.717) is 30.0 Å². The highest BCUT2D eigenvalue weighted by atomic mass is 79.9. The molecule has 0 aliphatic heterocycles. The monoisotopic (exact) mass is 482 g/mol. The van der Waals surface area contributed by atoms with Gasteiger partial charge in [0.25, 0.3) is 0 Å². The highest BCUT2D eigenvalue weighted by molar-refractivity contribution is 9.28. The fourth-order valence-corrected chi connectivity index (χ4v) is 8.04. The number of allylic oxidation sites excluding steroid dienone is 2. The third-order valence-electron chi connectivity index (χ3n) is 8.55. The van der Waals surface area contributed by atoms with E-state index in [9.17, 15) is 9.59 Å². The van der Waals surface area contributed by atoms with Gasteiger partial charge in [0.1, 0.15) is 5.78 Å². The van der Waals surface area contributed by atoms with Crippen LogP contribution in [0.3, 0.4) is 0 Å². The molecular formula is C22H28Br2O2. The molecule has 26 heavy (non-hydrogen) atoms. The number of carbonyl (C=O) groups excluding carboxylic acids is 2. The topological polar surface area (TPSA) is 34.1 Å². The lowest BCUT2D eigenvalue weighted by Gasteiger charge is -2.58. The van der Waals surface area contributed by atoms with E-state index in [-0.39, 0.29) is 22.5 Å². The van der Waals surface area contributed by atoms with Crippen LogP contribution in [0.5, 0.6) is 0 Å². The van der Waals surface area contributed by atoms with Crippen molar-refractivity contribution < 1.29 is 9.59 Å². The van der Waals surface area contributed by atoms with Gasteiger partial charge in [-0.2, -0.15) is 0 Å². The van der Waals surface area contributed by atoms with E-state index >= 15 is 0 Å². The Morgan fingerprint density at radius 1 is 1.12 bits per heavy atom. The maximum absolute atomic E-state index is 12.3. The SMILES string of the molecule is CC(=O)C1CCC2C3CC(=C(Br)Br)C4=CC(=O)CCC4(C)C3CCC12C. The highest BCUT2D eigenvalue weighted by Gasteiger charge is 2.60. The first-order valence-corrected chi connectivity index (χ1v) is 11.6. The van der Waals surface area contributed by atoms with Crippen LogP contribution in [0, 0.1) is 34.5 Å². The lowest BCUT2D eigenvalue weighted by molar-refractivity contribution is -0.128. The van der Waals surface area contributed by atoms with Gasteiger partial charge in [-0.15, -0.1) is 0 Å². The van der Waals surface area contributed by atoms with Gasteiger partial charge in [-0.25, -0.2) is 0 Å². The summed E-state index contributed by atoms with van der Waals surface area (Å²) in [4.78, 5) is 24.5. The molecule has 0 aromatic carbocycles. The molecule has 2 nitrogen and oxygen atoms in total. The molecule has 3 saturated carbocycles. The van der Waals surface area contributed by atoms with Gasteiger partial charge in [-0.3, -0.25) is 9.59 Å². The lowest BCUT2D eigenvalue weighted by Crippen LogP contribution is -2.51. The molecule has 0 aromatic rings. The Morgan fingerprint density at radius 2 is 1.85 bits per heavy atom. The summed E-state index contributed by atoms with van der Waals surface area (Å²) in [5.74, 6) is 2.78. The van der Waals surface area contributed by atoms with E-state index in [2.05, 4.69) is 45.7 Å². The number of ketones is 2. The average molecular weight is 484 g/mol. The van der Waals surface area contributed by atoms with Crippen LogP contribution < -0.4 is 0 Å². The lowest BCUT2D eigenvalue weighted by atomic mass is 9.46. The molecule has 0 N–H and O–H groups in total. The molecule has 3 fully saturated rings. The second-order valence-corrected chi connectivity index (χ2v) is 12.2. The normalized spacial score (nSPS) is 44.7. The van der Waals surface area contributed by atoms with Crippen molar-refractivity contribution in [2.45, 2.75) is 65.7 Å². The van der Waals surface area contributed by atoms with Gasteiger partial charge in [0.05, 0.1) is 3.39 Å². The van der Waals surface area contributed by atoms with Crippen molar-refractivity contribution in [1.82, 2.24) is 0 Å². The molecular weight excluding hydrogens is 456 g/mol. The molecule has 0 spiro atoms. The summed E-state index contributed by atoms with van der Waals surface area (Å²) < 4.78 is 1.00. The van der Waals surface area contributed by atoms with Gasteiger partial charge in [0.15, 0.2) is 5.78 Å². The minimum absolute atomic E-state index is 0.0919. The van der Waals surface area contributed by atoms with Crippen LogP contribution in [0.4, 0.5) is 0 Å². The predicted octanol–water partition coefficient (Wildman–Crippen LogP) is 6.33. The summed E-state index contributed by atoms with van der Waals surface area (Å²) in [5.41, 5.74) is 2.81. The first-order valence-electron chi connectivity index (χ1n) is 9.98. The molecule has 0 bridgehead atoms. The number of rotatable bonds is 1. The van der Waals surface area contributed by atoms with Crippen LogP contribution in [0.2, 0.25) is 0 Å². The molecule has 4 aliphatic rings. The fraction of sp³-hybridized carbons (Fsp3) is 0.727. The van der Waals surface area contributed by atoms with Crippen molar-refractivity contribution in [3.05, 3.63) is 20.6 Å². The summed E-state index contributed by atoms with van der Waals surface area (Å²) >= 11 is 7.34. The van der Waals surface area contributed by atoms with Crippen LogP contribution in [0.15, 0.2) is 20.6 Å². The summed E-state index contributed by atoms with van der Waals surface area (Å²) in [5, 5.41) is 0. The van der Waals surface area contributed by atoms with Crippen molar-refractivity contribution in [3.8, 4) is 0 Å². The molecule has 0 saturated heterocycles. The van der Waals surface area contributed by atoms with E-state index in [4.69, 9.17) is 0 Å². The van der Waals surface area contributed by atoms with Crippen molar-refractivity contribution in [3.63, 3.8) is 0 Å². The Bertz CT molecular complexity index is 732. The largest absolute Gasteiger partial charge is 0.300 e. The number of Topliss-reactive ketones (excluding diaryl/α,β-unsaturated/α-hetero) is 1. The molecule has 4 heteroatoms. The second kappa shape index (κ2) is 6.40. The Hall–Kier alpha value is -0.220. The Kier molecular flexibility index (Phi) is 4.71. The standard InChI is InChI=1S/C22H28Br2O2/c1-12(25)16-4-5-17-14-11-15(20(23)24)19-10-13(26)6-8-22(19,3)18(14)7-9-21(16,17)2/h10,14,16-18H,4-9,11H2,1-3H3. The first-order chi connectivity index (χ1) is 12.2. The highest BCUT2D eigenvalue weighted by Crippen LogP contribution is 2.68. The van der Waals surface area contributed by atoms with Gasteiger partial charge >= 0.3 is 0 Å². The Morgan fingerprint density at radius 3 is 2.50 bits per heavy atom. The van der Waals surface area contributed by atoms with Gasteiger partial charge in [-0.05, 0) is 123 Å². The zero-order valence-electron chi connectivity index (χ0n) is 15.9. The Labute approximate surface area is 173 Å². The quantitative estimate of drug-likeness (QED) is 0.436. The molecule has 0 radical (unpaired) electrons. The molecule has 0 amide bonds. The van der Waals surface area contributed by atoms with Crippen LogP contribution in [-0.4, -0.2) is 11.6 Å². The predicted molar refractivity (Wildman–Crippen MR) is 111 cm³/mol. The van der Waals surface area contributed by atoms with Gasteiger partial charge in [0, 0.05) is 12.3 Å². The van der Waals surface area contributed by atoms with E-state index in [1.54, 1.807) is 6.92 Å². The van der Waals surface area contributed by atoms with Crippen molar-refractivity contribution in [2.24, 2.45) is 34.5 Å². The average Bonchev–Trinajstić information content (AvgIpc) is 2.92. The number of carbonyl (C=O) groups is 2. The van der Waals surface area contributed by atoms with E-state index < -0.39 is 0 Å². The van der Waals surface area contributed by atoms with Gasteiger partial charge in [-0.1, -0.05) is 13.8 Å². The van der Waals surface area contributed by atoms with Gasteiger partial charge in [0.2, 0.25) is 0 Å². The third kappa shape index (κ3) is 2.61. The number of fused-ring (bicyclic) bond motifs is 5. The van der Waals surface area contributed by atoms with Gasteiger partial charge < -0.3 is 0 Å². The van der Waals surface area contributed by atoms with Crippen molar-refractivity contribution >= 4 is 43.4 Å². The summed E-state index contributed by atoms with van der Waals surface area (Å²) in [6.07, 6.45) is 9.19. The third-order valence-corrected chi connectivity index (χ3v) is 9.51. The molecule has 6 atom stereocenters. The Balaban J connectivity index is 1.78. The van der Waals surface area contributed by atoms with Crippen LogP contribution in [-0.2, 0) is 9.59 Å². The summed E-state index contributed by atoms with van der Waals surface area (Å²) in [6, 6.07) is 0. The zero-order valence-corrected chi connectivity index (χ0v) is 19.1. The molecule has 4 aliphatic carbocycles. The van der Waals surface area contributed by atoms with Crippen LogP contribution in [0.1, 0.15) is 65.7 Å². The second-order valence-electron chi connectivity index (χ2n) is 9.55. The zero-order chi connectivity index (χ0) is 18.9. The fourth-order valence-electron chi connectivity index (χ4n) is 7.29. The summed E-state index contributed by atoms with van der Waals surface area (Å²) in [7, 11) is 0. The maximum Gasteiger partial charge on any atom is 0.156 e. The first kappa shape index (κ1) is 19.1. The molecule has 6 unspecified atom stereocenters. The number of hydrogen-bond donors (Lipinski definition) is 0. The van der Waals surface area contributed by atoms with Crippen LogP contribution in [0.25, 0.3) is 0 Å². The smallest absolute Gasteiger partial charge is 0.156 e. The number of halogens is 2. The minimum atomic E-state index is 0.0919.